The van der Waals surface area contributed by atoms with Crippen LogP contribution in [0.3, 0.4) is 0 Å². The number of allylic oxidation sites excluding steroid dienone is 2. The van der Waals surface area contributed by atoms with Crippen LogP contribution in [0.15, 0.2) is 42.0 Å². The van der Waals surface area contributed by atoms with Crippen molar-refractivity contribution in [3.8, 4) is 5.75 Å². The molecule has 3 aliphatic carbocycles. The van der Waals surface area contributed by atoms with Crippen LogP contribution in [0.1, 0.15) is 77.1 Å². The summed E-state index contributed by atoms with van der Waals surface area (Å²) in [6.07, 6.45) is 8.19. The lowest BCUT2D eigenvalue weighted by atomic mass is 9.78. The molecule has 6 rings (SSSR count). The fourth-order valence-electron chi connectivity index (χ4n) is 6.97. The Balaban J connectivity index is 1.55. The maximum Gasteiger partial charge on any atom is 0.303 e. The Morgan fingerprint density at radius 2 is 1.67 bits per heavy atom. The zero-order valence-electron chi connectivity index (χ0n) is 25.0. The van der Waals surface area contributed by atoms with E-state index in [4.69, 9.17) is 9.47 Å². The number of amides is 2. The van der Waals surface area contributed by atoms with Crippen molar-refractivity contribution in [1.82, 2.24) is 13.9 Å². The fraction of sp³-hybridized carbons (Fsp3) is 0.455. The minimum Gasteiger partial charge on any atom is -0.497 e. The van der Waals surface area contributed by atoms with E-state index in [1.54, 1.807) is 25.1 Å². The molecule has 2 amide bonds. The molecule has 4 aliphatic rings. The second kappa shape index (κ2) is 11.9. The van der Waals surface area contributed by atoms with Gasteiger partial charge in [-0.05, 0) is 88.9 Å². The van der Waals surface area contributed by atoms with Crippen LogP contribution in [-0.4, -0.2) is 76.9 Å². The molecule has 1 fully saturated rings. The fourth-order valence-corrected chi connectivity index (χ4v) is 7.79. The number of benzene rings is 2. The summed E-state index contributed by atoms with van der Waals surface area (Å²) in [6.45, 7) is 0.804. The predicted octanol–water partition coefficient (Wildman–Crippen LogP) is 4.47. The maximum atomic E-state index is 13.9. The molecule has 1 saturated carbocycles. The number of hydrogen-bond donors (Lipinski definition) is 1. The minimum absolute atomic E-state index is 0.0638. The topological polar surface area (TPSA) is 105 Å². The number of carbonyl (C=O) groups excluding carboxylic acids is 2. The molecule has 1 N–H and O–H groups in total. The van der Waals surface area contributed by atoms with Crippen molar-refractivity contribution in [2.75, 3.05) is 47.5 Å². The average Bonchev–Trinajstić information content (AvgIpc) is 3.22. The van der Waals surface area contributed by atoms with Crippen LogP contribution in [0.25, 0.3) is 17.2 Å². The van der Waals surface area contributed by atoms with E-state index < -0.39 is 16.1 Å². The highest BCUT2D eigenvalue weighted by Crippen LogP contribution is 2.56. The van der Waals surface area contributed by atoms with Gasteiger partial charge in [0.25, 0.3) is 5.91 Å². The third-order valence-corrected chi connectivity index (χ3v) is 10.8. The van der Waals surface area contributed by atoms with Gasteiger partial charge in [-0.15, -0.1) is 0 Å². The van der Waals surface area contributed by atoms with Gasteiger partial charge in [-0.25, -0.2) is 4.72 Å². The molecule has 43 heavy (non-hydrogen) atoms. The van der Waals surface area contributed by atoms with Gasteiger partial charge >= 0.3 is 10.2 Å². The van der Waals surface area contributed by atoms with Crippen LogP contribution in [0, 0.1) is 5.92 Å². The first-order chi connectivity index (χ1) is 20.7. The van der Waals surface area contributed by atoms with Crippen molar-refractivity contribution in [3.63, 3.8) is 0 Å². The highest BCUT2D eigenvalue weighted by Gasteiger charge is 2.40. The summed E-state index contributed by atoms with van der Waals surface area (Å²) in [5.74, 6) is 0.161. The first kappa shape index (κ1) is 29.6. The Hall–Kier alpha value is -3.47. The number of hydrogen-bond acceptors (Lipinski definition) is 6. The lowest BCUT2D eigenvalue weighted by Gasteiger charge is -2.26. The molecule has 4 bridgehead atoms. The number of ether oxygens (including phenoxy) is 2. The van der Waals surface area contributed by atoms with E-state index >= 15 is 0 Å². The zero-order chi connectivity index (χ0) is 30.3. The molecule has 0 aromatic heterocycles. The molecule has 0 spiro atoms. The van der Waals surface area contributed by atoms with Gasteiger partial charge in [0.2, 0.25) is 5.91 Å². The lowest BCUT2D eigenvalue weighted by molar-refractivity contribution is -0.126. The number of likely N-dealkylation sites (N-methyl/N-ethyl adjacent to an activating group) is 2. The Bertz CT molecular complexity index is 1620. The Labute approximate surface area is 253 Å². The summed E-state index contributed by atoms with van der Waals surface area (Å²) in [7, 11) is 0.742. The van der Waals surface area contributed by atoms with Crippen LogP contribution in [-0.2, 0) is 19.7 Å². The molecule has 1 atom stereocenters. The van der Waals surface area contributed by atoms with Crippen molar-refractivity contribution in [2.45, 2.75) is 44.4 Å². The summed E-state index contributed by atoms with van der Waals surface area (Å²) >= 11 is 0. The molecule has 2 aromatic rings. The van der Waals surface area contributed by atoms with Gasteiger partial charge in [-0.3, -0.25) is 9.59 Å². The van der Waals surface area contributed by atoms with Crippen LogP contribution in [0.2, 0.25) is 0 Å². The van der Waals surface area contributed by atoms with Crippen molar-refractivity contribution < 1.29 is 27.5 Å². The van der Waals surface area contributed by atoms with Crippen molar-refractivity contribution in [3.05, 3.63) is 69.8 Å². The molecule has 2 aromatic carbocycles. The SMILES string of the molecule is COc1ccc2c(c1)C=C1CC3C2=C(C2CCCCC2)c2ccc(cc23)C(=O)NS(=O)(=O)N(C)CCOCCN(C)C1=O. The quantitative estimate of drug-likeness (QED) is 0.542. The van der Waals surface area contributed by atoms with Crippen molar-refractivity contribution >= 4 is 39.2 Å². The average molecular weight is 606 g/mol. The van der Waals surface area contributed by atoms with Gasteiger partial charge in [0.05, 0.1) is 20.3 Å². The molecule has 9 nitrogen and oxygen atoms in total. The molecule has 1 unspecified atom stereocenters. The maximum absolute atomic E-state index is 13.9. The van der Waals surface area contributed by atoms with Gasteiger partial charge in [-0.1, -0.05) is 31.4 Å². The molecular weight excluding hydrogens is 566 g/mol. The zero-order valence-corrected chi connectivity index (χ0v) is 25.8. The second-order valence-electron chi connectivity index (χ2n) is 11.9. The second-order valence-corrected chi connectivity index (χ2v) is 13.7. The number of nitrogens with zero attached hydrogens (tertiary/aromatic N) is 2. The number of rotatable bonds is 2. The third-order valence-electron chi connectivity index (χ3n) is 9.31. The van der Waals surface area contributed by atoms with E-state index in [9.17, 15) is 18.0 Å². The molecule has 10 heteroatoms. The number of nitrogens with one attached hydrogen (secondary N) is 1. The van der Waals surface area contributed by atoms with Crippen LogP contribution >= 0.6 is 0 Å². The summed E-state index contributed by atoms with van der Waals surface area (Å²) in [5.41, 5.74) is 7.51. The van der Waals surface area contributed by atoms with Crippen molar-refractivity contribution in [1.29, 1.82) is 0 Å². The summed E-state index contributed by atoms with van der Waals surface area (Å²) in [6, 6.07) is 11.6. The highest BCUT2D eigenvalue weighted by atomic mass is 32.2. The van der Waals surface area contributed by atoms with Gasteiger partial charge in [0, 0.05) is 44.2 Å². The summed E-state index contributed by atoms with van der Waals surface area (Å²) in [5, 5.41) is 0. The highest BCUT2D eigenvalue weighted by molar-refractivity contribution is 7.87. The molecule has 228 valence electrons. The molecule has 0 saturated heterocycles. The van der Waals surface area contributed by atoms with E-state index in [0.717, 1.165) is 58.0 Å². The van der Waals surface area contributed by atoms with E-state index in [0.29, 0.717) is 24.5 Å². The third kappa shape index (κ3) is 5.63. The number of carbonyl (C=O) groups is 2. The van der Waals surface area contributed by atoms with Crippen LogP contribution in [0.4, 0.5) is 0 Å². The predicted molar refractivity (Wildman–Crippen MR) is 166 cm³/mol. The van der Waals surface area contributed by atoms with Crippen LogP contribution in [0.5, 0.6) is 5.75 Å². The van der Waals surface area contributed by atoms with Crippen molar-refractivity contribution in [2.24, 2.45) is 5.92 Å². The molecular formula is C33H39N3O6S. The van der Waals surface area contributed by atoms with Gasteiger partial charge in [0.1, 0.15) is 5.75 Å². The number of methoxy groups -OCH3 is 1. The van der Waals surface area contributed by atoms with Gasteiger partial charge in [0.15, 0.2) is 0 Å². The standard InChI is InChI=1S/C33H39N3O6S/c1-35-13-15-42-16-14-36(2)43(39,40)34-32(37)22-9-11-27-28(19-22)29-20-24(33(35)38)17-23-18-25(41-3)10-12-26(23)31(29)30(27)21-7-5-4-6-8-21/h9-12,17-19,21,29H,4-8,13-16,20H2,1-3H3,(H,34,37). The Morgan fingerprint density at radius 1 is 0.930 bits per heavy atom. The van der Waals surface area contributed by atoms with Crippen LogP contribution < -0.4 is 9.46 Å². The molecule has 0 radical (unpaired) electrons. The minimum atomic E-state index is -4.07. The van der Waals surface area contributed by atoms with Gasteiger partial charge < -0.3 is 14.4 Å². The van der Waals surface area contributed by atoms with Gasteiger partial charge in [-0.2, -0.15) is 12.7 Å². The Kier molecular flexibility index (Phi) is 8.19. The van der Waals surface area contributed by atoms with E-state index in [2.05, 4.69) is 10.8 Å². The normalized spacial score (nSPS) is 23.4. The largest absolute Gasteiger partial charge is 0.497 e. The first-order valence-corrected chi connectivity index (χ1v) is 16.5. The Morgan fingerprint density at radius 3 is 2.44 bits per heavy atom. The summed E-state index contributed by atoms with van der Waals surface area (Å²) < 4.78 is 40.5. The monoisotopic (exact) mass is 605 g/mol. The van der Waals surface area contributed by atoms with E-state index in [-0.39, 0.29) is 37.1 Å². The number of fused-ring (bicyclic) bond motifs is 4. The first-order valence-electron chi connectivity index (χ1n) is 15.1. The van der Waals surface area contributed by atoms with E-state index in [1.807, 2.05) is 30.3 Å². The molecule has 1 aliphatic heterocycles. The molecule has 1 heterocycles. The smallest absolute Gasteiger partial charge is 0.303 e. The van der Waals surface area contributed by atoms with E-state index in [1.165, 1.54) is 24.6 Å². The summed E-state index contributed by atoms with van der Waals surface area (Å²) in [4.78, 5) is 29.0. The lowest BCUT2D eigenvalue weighted by Crippen LogP contribution is -2.42.